The molecule has 0 radical (unpaired) electrons. The van der Waals surface area contributed by atoms with Crippen LogP contribution in [0, 0.1) is 29.1 Å². The second-order valence-electron chi connectivity index (χ2n) is 9.66. The molecule has 0 aromatic heterocycles. The summed E-state index contributed by atoms with van der Waals surface area (Å²) in [5.41, 5.74) is 1.69. The summed E-state index contributed by atoms with van der Waals surface area (Å²) in [5.74, 6) is 4.39. The summed E-state index contributed by atoms with van der Waals surface area (Å²) >= 11 is 0. The Morgan fingerprint density at radius 2 is 1.84 bits per heavy atom. The fraction of sp³-hybridized carbons (Fsp3) is 0.750. The number of benzene rings is 1. The van der Waals surface area contributed by atoms with Crippen LogP contribution in [0.15, 0.2) is 24.3 Å². The van der Waals surface area contributed by atoms with Gasteiger partial charge in [0.1, 0.15) is 5.75 Å². The van der Waals surface area contributed by atoms with Gasteiger partial charge in [0.05, 0.1) is 0 Å². The fourth-order valence-electron chi connectivity index (χ4n) is 6.39. The summed E-state index contributed by atoms with van der Waals surface area (Å²) in [6.45, 7) is 9.79. The van der Waals surface area contributed by atoms with E-state index in [1.54, 1.807) is 0 Å². The number of para-hydroxylation sites is 1. The Labute approximate surface area is 155 Å². The number of fused-ring (bicyclic) bond motifs is 1. The van der Waals surface area contributed by atoms with Gasteiger partial charge < -0.3 is 5.11 Å². The molecule has 140 valence electrons. The zero-order chi connectivity index (χ0) is 18.0. The van der Waals surface area contributed by atoms with Gasteiger partial charge in [0, 0.05) is 0 Å². The zero-order valence-electron chi connectivity index (χ0n) is 16.8. The normalized spacial score (nSPS) is 33.4. The second kappa shape index (κ2) is 7.72. The van der Waals surface area contributed by atoms with Crippen molar-refractivity contribution in [2.45, 2.75) is 85.0 Å². The van der Waals surface area contributed by atoms with Crippen LogP contribution >= 0.6 is 0 Å². The monoisotopic (exact) mass is 342 g/mol. The van der Waals surface area contributed by atoms with E-state index in [-0.39, 0.29) is 0 Å². The van der Waals surface area contributed by atoms with Gasteiger partial charge in [-0.2, -0.15) is 0 Å². The van der Waals surface area contributed by atoms with Crippen LogP contribution in [0.25, 0.3) is 0 Å². The number of phenolic OH excluding ortho intramolecular Hbond substituents is 1. The topological polar surface area (TPSA) is 20.2 Å². The molecule has 0 spiro atoms. The molecule has 1 heteroatoms. The zero-order valence-corrected chi connectivity index (χ0v) is 16.8. The summed E-state index contributed by atoms with van der Waals surface area (Å²) in [5, 5.41) is 10.4. The average Bonchev–Trinajstić information content (AvgIpc) is 2.92. The molecule has 1 N–H and O–H groups in total. The summed E-state index contributed by atoms with van der Waals surface area (Å²) in [6, 6.07) is 8.10. The van der Waals surface area contributed by atoms with E-state index in [4.69, 9.17) is 0 Å². The molecule has 2 fully saturated rings. The van der Waals surface area contributed by atoms with E-state index >= 15 is 0 Å². The van der Waals surface area contributed by atoms with Crippen molar-refractivity contribution in [3.8, 4) is 5.75 Å². The molecule has 1 aromatic carbocycles. The van der Waals surface area contributed by atoms with Crippen LogP contribution < -0.4 is 0 Å². The van der Waals surface area contributed by atoms with Crippen LogP contribution in [0.4, 0.5) is 0 Å². The third-order valence-electron chi connectivity index (χ3n) is 7.66. The molecule has 3 rings (SSSR count). The van der Waals surface area contributed by atoms with Crippen molar-refractivity contribution >= 4 is 0 Å². The molecule has 1 nitrogen and oxygen atoms in total. The van der Waals surface area contributed by atoms with Gasteiger partial charge in [-0.25, -0.2) is 0 Å². The first-order valence-electron chi connectivity index (χ1n) is 10.7. The maximum Gasteiger partial charge on any atom is 0.119 e. The van der Waals surface area contributed by atoms with Gasteiger partial charge in [0.2, 0.25) is 0 Å². The predicted octanol–water partition coefficient (Wildman–Crippen LogP) is 7.15. The fourth-order valence-corrected chi connectivity index (χ4v) is 6.39. The van der Waals surface area contributed by atoms with Gasteiger partial charge in [0.25, 0.3) is 0 Å². The van der Waals surface area contributed by atoms with E-state index in [0.717, 1.165) is 23.7 Å². The minimum absolute atomic E-state index is 0.475. The van der Waals surface area contributed by atoms with Crippen molar-refractivity contribution in [2.75, 3.05) is 0 Å². The molecule has 2 aliphatic rings. The highest BCUT2D eigenvalue weighted by molar-refractivity contribution is 5.36. The molecule has 0 aliphatic heterocycles. The predicted molar refractivity (Wildman–Crippen MR) is 107 cm³/mol. The molecular weight excluding hydrogens is 304 g/mol. The number of hydrogen-bond donors (Lipinski definition) is 1. The number of aromatic hydroxyl groups is 1. The second-order valence-corrected chi connectivity index (χ2v) is 9.66. The molecule has 1 aromatic rings. The van der Waals surface area contributed by atoms with Crippen LogP contribution in [0.2, 0.25) is 0 Å². The lowest BCUT2D eigenvalue weighted by molar-refractivity contribution is 0.0514. The minimum atomic E-state index is 0.475. The molecule has 0 heterocycles. The van der Waals surface area contributed by atoms with Gasteiger partial charge in [-0.1, -0.05) is 71.6 Å². The Morgan fingerprint density at radius 1 is 1.08 bits per heavy atom. The summed E-state index contributed by atoms with van der Waals surface area (Å²) in [4.78, 5) is 0. The van der Waals surface area contributed by atoms with Gasteiger partial charge in [0.15, 0.2) is 0 Å². The first-order valence-corrected chi connectivity index (χ1v) is 10.7. The number of rotatable bonds is 6. The Balaban J connectivity index is 1.74. The van der Waals surface area contributed by atoms with Crippen LogP contribution in [-0.2, 0) is 0 Å². The molecule has 5 unspecified atom stereocenters. The van der Waals surface area contributed by atoms with Crippen LogP contribution in [0.1, 0.15) is 90.5 Å². The highest BCUT2D eigenvalue weighted by Gasteiger charge is 2.52. The average molecular weight is 343 g/mol. The highest BCUT2D eigenvalue weighted by Crippen LogP contribution is 2.62. The van der Waals surface area contributed by atoms with E-state index < -0.39 is 0 Å². The van der Waals surface area contributed by atoms with Crippen molar-refractivity contribution < 1.29 is 5.11 Å². The Hall–Kier alpha value is -0.980. The Morgan fingerprint density at radius 3 is 2.56 bits per heavy atom. The highest BCUT2D eigenvalue weighted by atomic mass is 16.3. The largest absolute Gasteiger partial charge is 0.508 e. The van der Waals surface area contributed by atoms with Crippen molar-refractivity contribution in [3.63, 3.8) is 0 Å². The van der Waals surface area contributed by atoms with E-state index in [9.17, 15) is 5.11 Å². The molecular formula is C24H38O. The molecule has 2 aliphatic carbocycles. The van der Waals surface area contributed by atoms with Gasteiger partial charge in [-0.15, -0.1) is 0 Å². The lowest BCUT2D eigenvalue weighted by Crippen LogP contribution is -2.38. The summed E-state index contributed by atoms with van der Waals surface area (Å²) in [6.07, 6.45) is 10.9. The minimum Gasteiger partial charge on any atom is -0.508 e. The van der Waals surface area contributed by atoms with Crippen LogP contribution in [-0.4, -0.2) is 5.11 Å². The van der Waals surface area contributed by atoms with Crippen molar-refractivity contribution in [2.24, 2.45) is 29.1 Å². The summed E-state index contributed by atoms with van der Waals surface area (Å²) < 4.78 is 0. The van der Waals surface area contributed by atoms with E-state index in [2.05, 4.69) is 39.8 Å². The quantitative estimate of drug-likeness (QED) is 0.581. The first-order chi connectivity index (χ1) is 11.9. The molecule has 25 heavy (non-hydrogen) atoms. The third kappa shape index (κ3) is 3.76. The third-order valence-corrected chi connectivity index (χ3v) is 7.66. The van der Waals surface area contributed by atoms with Gasteiger partial charge in [-0.05, 0) is 72.3 Å². The van der Waals surface area contributed by atoms with E-state index in [1.807, 2.05) is 12.1 Å². The van der Waals surface area contributed by atoms with Crippen LogP contribution in [0.3, 0.4) is 0 Å². The molecule has 2 saturated carbocycles. The van der Waals surface area contributed by atoms with Crippen molar-refractivity contribution in [1.29, 1.82) is 0 Å². The first kappa shape index (κ1) is 18.8. The Bertz CT molecular complexity index is 563. The van der Waals surface area contributed by atoms with Gasteiger partial charge in [-0.3, -0.25) is 0 Å². The van der Waals surface area contributed by atoms with Gasteiger partial charge >= 0.3 is 0 Å². The SMILES string of the molecule is CC(C)CCCC(C)C1CCC2C(c3ccccc3O)CCCC12C. The lowest BCUT2D eigenvalue weighted by atomic mass is 9.58. The lowest BCUT2D eigenvalue weighted by Gasteiger charge is -2.47. The van der Waals surface area contributed by atoms with Crippen molar-refractivity contribution in [3.05, 3.63) is 29.8 Å². The van der Waals surface area contributed by atoms with E-state index in [1.165, 1.54) is 56.9 Å². The number of phenols is 1. The standard InChI is InChI=1S/C24H38O/c1-17(2)9-7-10-18(3)21-14-15-22-19(12-8-16-24(21,22)4)20-11-5-6-13-23(20)25/h5-6,11,13,17-19,21-22,25H,7-10,12,14-16H2,1-4H3. The molecule has 5 atom stereocenters. The molecule has 0 amide bonds. The number of hydrogen-bond acceptors (Lipinski definition) is 1. The maximum absolute atomic E-state index is 10.4. The maximum atomic E-state index is 10.4. The Kier molecular flexibility index (Phi) is 5.81. The summed E-state index contributed by atoms with van der Waals surface area (Å²) in [7, 11) is 0. The van der Waals surface area contributed by atoms with E-state index in [0.29, 0.717) is 17.1 Å². The van der Waals surface area contributed by atoms with Crippen LogP contribution in [0.5, 0.6) is 5.75 Å². The van der Waals surface area contributed by atoms with Crippen molar-refractivity contribution in [1.82, 2.24) is 0 Å². The molecule has 0 bridgehead atoms. The smallest absolute Gasteiger partial charge is 0.119 e. The molecule has 0 saturated heterocycles.